The van der Waals surface area contributed by atoms with E-state index in [9.17, 15) is 8.94 Å². The third-order valence-electron chi connectivity index (χ3n) is 3.45. The van der Waals surface area contributed by atoms with Gasteiger partial charge in [-0.3, -0.25) is 0 Å². The Labute approximate surface area is 133 Å². The fourth-order valence-electron chi connectivity index (χ4n) is 2.22. The molecule has 0 bridgehead atoms. The first kappa shape index (κ1) is 16.9. The molecule has 3 atom stereocenters. The third kappa shape index (κ3) is 3.83. The molecule has 1 aromatic carbocycles. The van der Waals surface area contributed by atoms with Crippen molar-refractivity contribution in [3.8, 4) is 5.75 Å². The fourth-order valence-corrected chi connectivity index (χ4v) is 3.27. The molecule has 0 saturated heterocycles. The highest BCUT2D eigenvalue weighted by Crippen LogP contribution is 2.35. The normalized spacial score (nSPS) is 20.8. The number of hydrogen-bond donors (Lipinski definition) is 1. The van der Waals surface area contributed by atoms with E-state index in [1.807, 2.05) is 27.7 Å². The van der Waals surface area contributed by atoms with Gasteiger partial charge in [-0.1, -0.05) is 0 Å². The zero-order chi connectivity index (χ0) is 15.8. The average Bonchev–Trinajstić information content (AvgIpc) is 2.80. The SMILES string of the molecule is CC(N[S@+]([O-])C(C)(C)C)C1Cc2cc(F)cc(CCl)c2O1. The summed E-state index contributed by atoms with van der Waals surface area (Å²) in [5.74, 6) is 0.585. The van der Waals surface area contributed by atoms with Gasteiger partial charge in [0.25, 0.3) is 0 Å². The molecule has 0 aliphatic carbocycles. The number of ether oxygens (including phenoxy) is 1. The van der Waals surface area contributed by atoms with Gasteiger partial charge >= 0.3 is 0 Å². The smallest absolute Gasteiger partial charge is 0.136 e. The van der Waals surface area contributed by atoms with E-state index in [0.717, 1.165) is 5.56 Å². The van der Waals surface area contributed by atoms with Crippen molar-refractivity contribution >= 4 is 23.0 Å². The number of hydrogen-bond acceptors (Lipinski definition) is 3. The lowest BCUT2D eigenvalue weighted by atomic mass is 10.0. The van der Waals surface area contributed by atoms with Gasteiger partial charge in [0.05, 0.1) is 11.9 Å². The van der Waals surface area contributed by atoms with Crippen LogP contribution < -0.4 is 9.46 Å². The second-order valence-electron chi connectivity index (χ2n) is 6.33. The summed E-state index contributed by atoms with van der Waals surface area (Å²) < 4.78 is 34.3. The van der Waals surface area contributed by atoms with Gasteiger partial charge in [-0.05, 0) is 39.8 Å². The third-order valence-corrected chi connectivity index (χ3v) is 5.43. The van der Waals surface area contributed by atoms with Crippen molar-refractivity contribution in [3.05, 3.63) is 29.1 Å². The molecule has 0 saturated carbocycles. The highest BCUT2D eigenvalue weighted by molar-refractivity contribution is 7.90. The summed E-state index contributed by atoms with van der Waals surface area (Å²) in [6.07, 6.45) is 0.419. The van der Waals surface area contributed by atoms with Crippen molar-refractivity contribution in [3.63, 3.8) is 0 Å². The number of benzene rings is 1. The van der Waals surface area contributed by atoms with Crippen molar-refractivity contribution in [2.45, 2.75) is 56.9 Å². The number of nitrogens with one attached hydrogen (secondary N) is 1. The summed E-state index contributed by atoms with van der Waals surface area (Å²) in [6.45, 7) is 7.66. The minimum Gasteiger partial charge on any atom is -0.598 e. The van der Waals surface area contributed by atoms with E-state index in [-0.39, 0.29) is 28.6 Å². The van der Waals surface area contributed by atoms with Gasteiger partial charge < -0.3 is 9.29 Å². The summed E-state index contributed by atoms with van der Waals surface area (Å²) >= 11 is 4.67. The molecule has 1 heterocycles. The van der Waals surface area contributed by atoms with Gasteiger partial charge in [0.15, 0.2) is 0 Å². The molecule has 0 fully saturated rings. The molecule has 1 N–H and O–H groups in total. The van der Waals surface area contributed by atoms with E-state index >= 15 is 0 Å². The van der Waals surface area contributed by atoms with Crippen LogP contribution in [0.3, 0.4) is 0 Å². The Kier molecular flexibility index (Phi) is 5.08. The van der Waals surface area contributed by atoms with Gasteiger partial charge in [-0.25, -0.2) is 4.39 Å². The Bertz CT molecular complexity index is 521. The van der Waals surface area contributed by atoms with Gasteiger partial charge in [0.2, 0.25) is 0 Å². The molecule has 6 heteroatoms. The van der Waals surface area contributed by atoms with Crippen molar-refractivity contribution in [2.75, 3.05) is 0 Å². The summed E-state index contributed by atoms with van der Waals surface area (Å²) in [5.41, 5.74) is 1.49. The van der Waals surface area contributed by atoms with E-state index in [0.29, 0.717) is 17.7 Å². The first-order valence-electron chi connectivity index (χ1n) is 6.94. The van der Waals surface area contributed by atoms with E-state index in [1.54, 1.807) is 0 Å². The highest BCUT2D eigenvalue weighted by atomic mass is 35.5. The maximum Gasteiger partial charge on any atom is 0.136 e. The fraction of sp³-hybridized carbons (Fsp3) is 0.600. The summed E-state index contributed by atoms with van der Waals surface area (Å²) in [7, 11) is 0. The molecule has 1 aliphatic rings. The van der Waals surface area contributed by atoms with Crippen LogP contribution in [-0.4, -0.2) is 21.4 Å². The number of fused-ring (bicyclic) bond motifs is 1. The first-order chi connectivity index (χ1) is 9.72. The van der Waals surface area contributed by atoms with Crippen LogP contribution in [-0.2, 0) is 23.7 Å². The molecule has 3 nitrogen and oxygen atoms in total. The first-order valence-corrected chi connectivity index (χ1v) is 8.62. The molecular weight excluding hydrogens is 313 g/mol. The van der Waals surface area contributed by atoms with Crippen molar-refractivity contribution in [2.24, 2.45) is 0 Å². The zero-order valence-corrected chi connectivity index (χ0v) is 14.3. The predicted molar refractivity (Wildman–Crippen MR) is 84.6 cm³/mol. The number of rotatable bonds is 4. The number of alkyl halides is 1. The standard InChI is InChI=1S/C15H21ClFNO2S/c1-9(18-21(19)15(2,3)4)13-7-10-5-12(17)6-11(8-16)14(10)20-13/h5-6,9,13,18H,7-8H2,1-4H3/t9?,13?,21-/m1/s1. The molecule has 118 valence electrons. The van der Waals surface area contributed by atoms with Crippen LogP contribution in [0.5, 0.6) is 5.75 Å². The Morgan fingerprint density at radius 2 is 2.19 bits per heavy atom. The van der Waals surface area contributed by atoms with Gasteiger partial charge in [0.1, 0.15) is 22.4 Å². The van der Waals surface area contributed by atoms with E-state index in [4.69, 9.17) is 16.3 Å². The summed E-state index contributed by atoms with van der Waals surface area (Å²) in [5, 5.41) is 0. The average molecular weight is 334 g/mol. The molecule has 2 unspecified atom stereocenters. The van der Waals surface area contributed by atoms with Gasteiger partial charge in [-0.2, -0.15) is 0 Å². The second-order valence-corrected chi connectivity index (χ2v) is 8.60. The van der Waals surface area contributed by atoms with Crippen LogP contribution in [0.2, 0.25) is 0 Å². The monoisotopic (exact) mass is 333 g/mol. The van der Waals surface area contributed by atoms with Crippen molar-refractivity contribution < 1.29 is 13.7 Å². The zero-order valence-electron chi connectivity index (χ0n) is 12.7. The molecular formula is C15H21ClFNO2S. The summed E-state index contributed by atoms with van der Waals surface area (Å²) in [4.78, 5) is 0. The lowest BCUT2D eigenvalue weighted by Gasteiger charge is -2.28. The second kappa shape index (κ2) is 6.32. The molecule has 1 aromatic rings. The van der Waals surface area contributed by atoms with Crippen LogP contribution in [0, 0.1) is 5.82 Å². The quantitative estimate of drug-likeness (QED) is 0.679. The van der Waals surface area contributed by atoms with Crippen LogP contribution in [0.25, 0.3) is 0 Å². The van der Waals surface area contributed by atoms with Crippen molar-refractivity contribution in [1.82, 2.24) is 4.72 Å². The predicted octanol–water partition coefficient (Wildman–Crippen LogP) is 3.31. The molecule has 0 aromatic heterocycles. The molecule has 1 aliphatic heterocycles. The Morgan fingerprint density at radius 3 is 2.76 bits per heavy atom. The molecule has 21 heavy (non-hydrogen) atoms. The maximum absolute atomic E-state index is 13.5. The van der Waals surface area contributed by atoms with Crippen LogP contribution in [0.1, 0.15) is 38.8 Å². The van der Waals surface area contributed by atoms with E-state index in [2.05, 4.69) is 4.72 Å². The van der Waals surface area contributed by atoms with Crippen LogP contribution >= 0.6 is 11.6 Å². The van der Waals surface area contributed by atoms with Crippen molar-refractivity contribution in [1.29, 1.82) is 0 Å². The molecule has 0 radical (unpaired) electrons. The highest BCUT2D eigenvalue weighted by Gasteiger charge is 2.35. The minimum atomic E-state index is -1.17. The molecule has 0 amide bonds. The Balaban J connectivity index is 2.09. The molecule has 0 spiro atoms. The minimum absolute atomic E-state index is 0.108. The lowest BCUT2D eigenvalue weighted by molar-refractivity contribution is 0.196. The van der Waals surface area contributed by atoms with Crippen LogP contribution in [0.4, 0.5) is 4.39 Å². The topological polar surface area (TPSA) is 44.3 Å². The Morgan fingerprint density at radius 1 is 1.52 bits per heavy atom. The molecule has 2 rings (SSSR count). The Hall–Kier alpha value is -0.490. The van der Waals surface area contributed by atoms with Gasteiger partial charge in [0, 0.05) is 28.9 Å². The van der Waals surface area contributed by atoms with Crippen LogP contribution in [0.15, 0.2) is 12.1 Å². The summed E-state index contributed by atoms with van der Waals surface area (Å²) in [6, 6.07) is 2.78. The largest absolute Gasteiger partial charge is 0.598 e. The maximum atomic E-state index is 13.5. The van der Waals surface area contributed by atoms with E-state index in [1.165, 1.54) is 12.1 Å². The lowest BCUT2D eigenvalue weighted by Crippen LogP contribution is -2.49. The number of halogens is 2. The van der Waals surface area contributed by atoms with Gasteiger partial charge in [-0.15, -0.1) is 16.3 Å². The van der Waals surface area contributed by atoms with E-state index < -0.39 is 11.4 Å².